The van der Waals surface area contributed by atoms with Gasteiger partial charge in [0, 0.05) is 23.0 Å². The third kappa shape index (κ3) is 5.05. The smallest absolute Gasteiger partial charge is 0.149 e. The maximum absolute atomic E-state index is 11.2. The molecule has 44 heavy (non-hydrogen) atoms. The first-order chi connectivity index (χ1) is 21.4. The van der Waals surface area contributed by atoms with E-state index in [0.717, 1.165) is 50.2 Å². The summed E-state index contributed by atoms with van der Waals surface area (Å²) in [6.45, 7) is 6.66. The van der Waals surface area contributed by atoms with Gasteiger partial charge in [0.2, 0.25) is 0 Å². The molecule has 0 atom stereocenters. The molecule has 0 saturated carbocycles. The standard InChI is InChI=1S/C40H33N3O/c1-40(2,3)31-22-23-41-35(26-31)30-15-10-14-29(24-30)33-18-11-19-36-38(33)42-39(43(36)32-16-8-5-9-17-32)34-25-28(20-21-37(34)44)27-12-6-4-7-13-27/h4-26,44H,1-3H3. The van der Waals surface area contributed by atoms with E-state index in [1.165, 1.54) is 5.56 Å². The minimum atomic E-state index is 0.0327. The third-order valence-corrected chi connectivity index (χ3v) is 8.14. The average Bonchev–Trinajstić information content (AvgIpc) is 3.45. The van der Waals surface area contributed by atoms with Crippen molar-refractivity contribution >= 4 is 11.0 Å². The van der Waals surface area contributed by atoms with Crippen LogP contribution in [-0.2, 0) is 5.41 Å². The van der Waals surface area contributed by atoms with E-state index in [1.54, 1.807) is 6.07 Å². The van der Waals surface area contributed by atoms with Gasteiger partial charge in [0.15, 0.2) is 0 Å². The quantitative estimate of drug-likeness (QED) is 0.224. The Kier molecular flexibility index (Phi) is 6.83. The lowest BCUT2D eigenvalue weighted by Gasteiger charge is -2.19. The van der Waals surface area contributed by atoms with Crippen LogP contribution in [0.15, 0.2) is 140 Å². The van der Waals surface area contributed by atoms with E-state index in [2.05, 4.69) is 104 Å². The van der Waals surface area contributed by atoms with E-state index in [1.807, 2.05) is 54.7 Å². The topological polar surface area (TPSA) is 50.9 Å². The van der Waals surface area contributed by atoms with E-state index >= 15 is 0 Å². The molecule has 0 aliphatic rings. The van der Waals surface area contributed by atoms with Gasteiger partial charge in [-0.1, -0.05) is 106 Å². The number of imidazole rings is 1. The van der Waals surface area contributed by atoms with Crippen molar-refractivity contribution in [3.8, 4) is 56.3 Å². The summed E-state index contributed by atoms with van der Waals surface area (Å²) >= 11 is 0. The lowest BCUT2D eigenvalue weighted by Crippen LogP contribution is -2.11. The molecule has 0 saturated heterocycles. The molecule has 1 N–H and O–H groups in total. The molecule has 0 spiro atoms. The zero-order chi connectivity index (χ0) is 30.3. The number of hydrogen-bond donors (Lipinski definition) is 1. The van der Waals surface area contributed by atoms with Crippen molar-refractivity contribution in [1.29, 1.82) is 0 Å². The zero-order valence-corrected chi connectivity index (χ0v) is 25.1. The van der Waals surface area contributed by atoms with Crippen molar-refractivity contribution in [3.05, 3.63) is 145 Å². The Labute approximate surface area is 258 Å². The lowest BCUT2D eigenvalue weighted by molar-refractivity contribution is 0.477. The van der Waals surface area contributed by atoms with Gasteiger partial charge in [-0.05, 0) is 76.2 Å². The average molecular weight is 572 g/mol. The normalized spacial score (nSPS) is 11.6. The first kappa shape index (κ1) is 27.4. The third-order valence-electron chi connectivity index (χ3n) is 8.14. The fourth-order valence-corrected chi connectivity index (χ4v) is 5.78. The van der Waals surface area contributed by atoms with E-state index < -0.39 is 0 Å². The number of hydrogen-bond acceptors (Lipinski definition) is 3. The van der Waals surface area contributed by atoms with E-state index in [0.29, 0.717) is 11.4 Å². The number of phenols is 1. The molecule has 4 heteroatoms. The number of benzene rings is 5. The molecule has 0 fully saturated rings. The highest BCUT2D eigenvalue weighted by molar-refractivity contribution is 5.96. The predicted molar refractivity (Wildman–Crippen MR) is 181 cm³/mol. The summed E-state index contributed by atoms with van der Waals surface area (Å²) in [4.78, 5) is 9.98. The van der Waals surface area contributed by atoms with Gasteiger partial charge in [0.25, 0.3) is 0 Å². The first-order valence-electron chi connectivity index (χ1n) is 14.9. The van der Waals surface area contributed by atoms with Crippen LogP contribution in [0, 0.1) is 0 Å². The Hall–Kier alpha value is -5.48. The fourth-order valence-electron chi connectivity index (χ4n) is 5.78. The van der Waals surface area contributed by atoms with Crippen molar-refractivity contribution in [2.45, 2.75) is 26.2 Å². The molecule has 0 radical (unpaired) electrons. The molecule has 7 aromatic rings. The monoisotopic (exact) mass is 571 g/mol. The maximum Gasteiger partial charge on any atom is 0.149 e. The second kappa shape index (κ2) is 11.0. The molecule has 0 amide bonds. The molecule has 2 heterocycles. The summed E-state index contributed by atoms with van der Waals surface area (Å²) in [6.07, 6.45) is 1.90. The number of nitrogens with zero attached hydrogens (tertiary/aromatic N) is 3. The Morgan fingerprint density at radius 1 is 0.591 bits per heavy atom. The summed E-state index contributed by atoms with van der Waals surface area (Å²) in [6, 6.07) is 45.2. The van der Waals surface area contributed by atoms with Crippen molar-refractivity contribution in [1.82, 2.24) is 14.5 Å². The molecule has 0 aliphatic heterocycles. The van der Waals surface area contributed by atoms with Crippen LogP contribution in [0.2, 0.25) is 0 Å². The lowest BCUT2D eigenvalue weighted by atomic mass is 9.87. The highest BCUT2D eigenvalue weighted by Crippen LogP contribution is 2.39. The van der Waals surface area contributed by atoms with E-state index in [9.17, 15) is 5.11 Å². The Morgan fingerprint density at radius 2 is 1.30 bits per heavy atom. The van der Waals surface area contributed by atoms with Crippen LogP contribution in [0.5, 0.6) is 5.75 Å². The first-order valence-corrected chi connectivity index (χ1v) is 14.9. The maximum atomic E-state index is 11.2. The van der Waals surface area contributed by atoms with Gasteiger partial charge in [0.05, 0.1) is 22.3 Å². The van der Waals surface area contributed by atoms with Crippen LogP contribution >= 0.6 is 0 Å². The van der Waals surface area contributed by atoms with Crippen LogP contribution < -0.4 is 0 Å². The summed E-state index contributed by atoms with van der Waals surface area (Å²) < 4.78 is 2.14. The predicted octanol–water partition coefficient (Wildman–Crippen LogP) is 10.1. The summed E-state index contributed by atoms with van der Waals surface area (Å²) in [7, 11) is 0. The molecular weight excluding hydrogens is 538 g/mol. The second-order valence-electron chi connectivity index (χ2n) is 12.1. The molecule has 5 aromatic carbocycles. The highest BCUT2D eigenvalue weighted by Gasteiger charge is 2.21. The molecule has 214 valence electrons. The van der Waals surface area contributed by atoms with Crippen molar-refractivity contribution < 1.29 is 5.11 Å². The number of aromatic nitrogens is 3. The molecule has 4 nitrogen and oxygen atoms in total. The number of pyridine rings is 1. The Morgan fingerprint density at radius 3 is 2.07 bits per heavy atom. The molecule has 0 unspecified atom stereocenters. The summed E-state index contributed by atoms with van der Waals surface area (Å²) in [5.74, 6) is 0.871. The van der Waals surface area contributed by atoms with Crippen LogP contribution in [0.4, 0.5) is 0 Å². The molecule has 2 aromatic heterocycles. The van der Waals surface area contributed by atoms with E-state index in [-0.39, 0.29) is 11.2 Å². The largest absolute Gasteiger partial charge is 0.507 e. The second-order valence-corrected chi connectivity index (χ2v) is 12.1. The molecule has 0 aliphatic carbocycles. The van der Waals surface area contributed by atoms with Gasteiger partial charge in [-0.3, -0.25) is 9.55 Å². The summed E-state index contributed by atoms with van der Waals surface area (Å²) in [5, 5.41) is 11.2. The van der Waals surface area contributed by atoms with Gasteiger partial charge in [-0.15, -0.1) is 0 Å². The van der Waals surface area contributed by atoms with Crippen molar-refractivity contribution in [2.75, 3.05) is 0 Å². The van der Waals surface area contributed by atoms with Crippen LogP contribution in [0.25, 0.3) is 61.6 Å². The van der Waals surface area contributed by atoms with Crippen LogP contribution in [-0.4, -0.2) is 19.6 Å². The van der Waals surface area contributed by atoms with Crippen LogP contribution in [0.1, 0.15) is 26.3 Å². The van der Waals surface area contributed by atoms with Gasteiger partial charge >= 0.3 is 0 Å². The van der Waals surface area contributed by atoms with E-state index in [4.69, 9.17) is 9.97 Å². The summed E-state index contributed by atoms with van der Waals surface area (Å²) in [5.41, 5.74) is 10.9. The number of para-hydroxylation sites is 2. The van der Waals surface area contributed by atoms with Gasteiger partial charge in [0.1, 0.15) is 11.6 Å². The number of fused-ring (bicyclic) bond motifs is 1. The van der Waals surface area contributed by atoms with Gasteiger partial charge in [-0.2, -0.15) is 0 Å². The molecule has 0 bridgehead atoms. The van der Waals surface area contributed by atoms with Gasteiger partial charge < -0.3 is 5.11 Å². The van der Waals surface area contributed by atoms with Crippen LogP contribution in [0.3, 0.4) is 0 Å². The number of phenolic OH excluding ortho intramolecular Hbond substituents is 1. The minimum Gasteiger partial charge on any atom is -0.507 e. The van der Waals surface area contributed by atoms with Gasteiger partial charge in [-0.25, -0.2) is 4.98 Å². The molecule has 7 rings (SSSR count). The Bertz CT molecular complexity index is 2110. The highest BCUT2D eigenvalue weighted by atomic mass is 16.3. The Balaban J connectivity index is 1.43. The molecular formula is C40H33N3O. The SMILES string of the molecule is CC(C)(C)c1ccnc(-c2cccc(-c3cccc4c3nc(-c3cc(-c5ccccc5)ccc3O)n4-c3ccccc3)c2)c1. The number of aromatic hydroxyl groups is 1. The zero-order valence-electron chi connectivity index (χ0n) is 25.1. The van der Waals surface area contributed by atoms with Crippen molar-refractivity contribution in [2.24, 2.45) is 0 Å². The van der Waals surface area contributed by atoms with Crippen molar-refractivity contribution in [3.63, 3.8) is 0 Å². The number of rotatable bonds is 5. The fraction of sp³-hybridized carbons (Fsp3) is 0.100. The minimum absolute atomic E-state index is 0.0327.